The minimum absolute atomic E-state index is 0.0737. The van der Waals surface area contributed by atoms with Crippen molar-refractivity contribution in [2.24, 2.45) is 5.16 Å². The van der Waals surface area contributed by atoms with E-state index < -0.39 is 29.2 Å². The summed E-state index contributed by atoms with van der Waals surface area (Å²) in [6, 6.07) is -0.915. The van der Waals surface area contributed by atoms with Crippen molar-refractivity contribution in [3.05, 3.63) is 22.3 Å². The fraction of sp³-hybridized carbons (Fsp3) is 0.526. The van der Waals surface area contributed by atoms with Gasteiger partial charge >= 0.3 is 5.97 Å². The van der Waals surface area contributed by atoms with Crippen molar-refractivity contribution in [3.8, 4) is 0 Å². The number of aromatic nitrogens is 1. The Bertz CT molecular complexity index is 1030. The molecule has 2 saturated heterocycles. The second kappa shape index (κ2) is 9.67. The molecule has 0 radical (unpaired) electrons. The Morgan fingerprint density at radius 2 is 2.21 bits per heavy atom. The quantitative estimate of drug-likeness (QED) is 0.253. The normalized spacial score (nSPS) is 27.3. The minimum Gasteiger partial charge on any atom is -0.477 e. The van der Waals surface area contributed by atoms with Crippen LogP contribution in [-0.4, -0.2) is 88.7 Å². The summed E-state index contributed by atoms with van der Waals surface area (Å²) >= 11 is 2.51. The molecule has 0 saturated carbocycles. The van der Waals surface area contributed by atoms with Crippen molar-refractivity contribution in [3.63, 3.8) is 0 Å². The molecule has 4 atom stereocenters. The fourth-order valence-corrected chi connectivity index (χ4v) is 6.02. The maximum atomic E-state index is 12.9. The number of oxime groups is 1. The smallest absolute Gasteiger partial charge is 0.352 e. The number of nitrogen functional groups attached to an aromatic ring is 1. The van der Waals surface area contributed by atoms with E-state index in [0.717, 1.165) is 17.8 Å². The van der Waals surface area contributed by atoms with Crippen molar-refractivity contribution in [1.29, 1.82) is 0 Å². The van der Waals surface area contributed by atoms with Crippen molar-refractivity contribution in [2.45, 2.75) is 36.5 Å². The lowest BCUT2D eigenvalue weighted by molar-refractivity contribution is -0.150. The zero-order chi connectivity index (χ0) is 23.7. The van der Waals surface area contributed by atoms with E-state index in [2.05, 4.69) is 15.5 Å². The minimum atomic E-state index is -1.20. The molecule has 4 N–H and O–H groups in total. The number of thioether (sulfide) groups is 1. The van der Waals surface area contributed by atoms with Gasteiger partial charge in [-0.3, -0.25) is 14.5 Å². The predicted molar refractivity (Wildman–Crippen MR) is 120 cm³/mol. The van der Waals surface area contributed by atoms with E-state index in [1.807, 2.05) is 0 Å². The zero-order valence-corrected chi connectivity index (χ0v) is 19.5. The first kappa shape index (κ1) is 23.5. The number of ether oxygens (including phenoxy) is 2. The summed E-state index contributed by atoms with van der Waals surface area (Å²) in [6.07, 6.45) is 0.906. The number of anilines is 1. The molecule has 2 amide bonds. The molecule has 1 aromatic heterocycles. The number of hydrogen-bond acceptors (Lipinski definition) is 11. The number of hydrogen-bond donors (Lipinski definition) is 3. The third-order valence-corrected chi connectivity index (χ3v) is 7.47. The van der Waals surface area contributed by atoms with Crippen LogP contribution in [0.15, 0.2) is 21.8 Å². The Morgan fingerprint density at radius 1 is 1.42 bits per heavy atom. The third-order valence-electron chi connectivity index (χ3n) is 5.50. The topological polar surface area (TPSA) is 166 Å². The van der Waals surface area contributed by atoms with E-state index in [0.29, 0.717) is 24.4 Å². The van der Waals surface area contributed by atoms with Crippen LogP contribution in [0.1, 0.15) is 18.5 Å². The van der Waals surface area contributed by atoms with E-state index in [1.165, 1.54) is 23.8 Å². The van der Waals surface area contributed by atoms with Gasteiger partial charge < -0.3 is 30.5 Å². The van der Waals surface area contributed by atoms with Gasteiger partial charge in [0, 0.05) is 18.2 Å². The lowest BCUT2D eigenvalue weighted by Gasteiger charge is -2.49. The molecule has 3 aliphatic rings. The summed E-state index contributed by atoms with van der Waals surface area (Å²) in [7, 11) is 2.86. The maximum Gasteiger partial charge on any atom is 0.352 e. The molecule has 33 heavy (non-hydrogen) atoms. The molecule has 178 valence electrons. The molecule has 2 fully saturated rings. The van der Waals surface area contributed by atoms with E-state index in [9.17, 15) is 19.5 Å². The molecular weight excluding hydrogens is 474 g/mol. The van der Waals surface area contributed by atoms with Crippen LogP contribution in [0.4, 0.5) is 5.13 Å². The number of thiazole rings is 1. The van der Waals surface area contributed by atoms with Crippen LogP contribution in [0, 0.1) is 0 Å². The van der Waals surface area contributed by atoms with Gasteiger partial charge in [0.2, 0.25) is 0 Å². The molecule has 14 heteroatoms. The Morgan fingerprint density at radius 3 is 2.85 bits per heavy atom. The fourth-order valence-electron chi connectivity index (χ4n) is 4.06. The second-order valence-electron chi connectivity index (χ2n) is 7.51. The average Bonchev–Trinajstić information content (AvgIpc) is 3.43. The highest BCUT2D eigenvalue weighted by atomic mass is 32.2. The lowest BCUT2D eigenvalue weighted by Crippen LogP contribution is -2.71. The largest absolute Gasteiger partial charge is 0.477 e. The molecule has 4 rings (SSSR count). The third kappa shape index (κ3) is 4.43. The van der Waals surface area contributed by atoms with E-state index in [1.54, 1.807) is 12.5 Å². The summed E-state index contributed by atoms with van der Waals surface area (Å²) < 4.78 is 11.1. The molecule has 0 bridgehead atoms. The number of rotatable bonds is 8. The van der Waals surface area contributed by atoms with Crippen molar-refractivity contribution in [2.75, 3.05) is 32.3 Å². The van der Waals surface area contributed by atoms with Gasteiger partial charge in [-0.2, -0.15) is 0 Å². The second-order valence-corrected chi connectivity index (χ2v) is 9.51. The molecule has 2 unspecified atom stereocenters. The van der Waals surface area contributed by atoms with E-state index in [4.69, 9.17) is 20.0 Å². The molecular formula is C19H23N5O7S2. The van der Waals surface area contributed by atoms with Crippen LogP contribution in [-0.2, 0) is 28.7 Å². The van der Waals surface area contributed by atoms with Gasteiger partial charge in [0.1, 0.15) is 29.9 Å². The average molecular weight is 498 g/mol. The van der Waals surface area contributed by atoms with Crippen molar-refractivity contribution >= 4 is 51.7 Å². The molecule has 4 heterocycles. The summed E-state index contributed by atoms with van der Waals surface area (Å²) in [5, 5.41) is 17.4. The molecule has 0 aliphatic carbocycles. The van der Waals surface area contributed by atoms with Gasteiger partial charge in [0.15, 0.2) is 10.8 Å². The maximum absolute atomic E-state index is 12.9. The molecule has 12 nitrogen and oxygen atoms in total. The number of nitrogens with zero attached hydrogens (tertiary/aromatic N) is 3. The lowest BCUT2D eigenvalue weighted by atomic mass is 9.99. The highest BCUT2D eigenvalue weighted by Gasteiger charge is 2.55. The Labute approximate surface area is 197 Å². The summed E-state index contributed by atoms with van der Waals surface area (Å²) in [5.41, 5.74) is 6.22. The monoisotopic (exact) mass is 497 g/mol. The SMILES string of the molecule is COCC1CCC(C2=C(C(=O)O)N3C(=O)[C@@H](NC(=O)/C(=N\OC)c4csc(N)n4)[C@H]3SC2)O1. The van der Waals surface area contributed by atoms with Crippen LogP contribution >= 0.6 is 23.1 Å². The number of amides is 2. The number of carboxylic acids is 1. The van der Waals surface area contributed by atoms with Crippen LogP contribution in [0.5, 0.6) is 0 Å². The molecule has 1 aromatic rings. The first-order chi connectivity index (χ1) is 15.8. The number of carboxylic acid groups (broad SMARTS) is 1. The van der Waals surface area contributed by atoms with Crippen LogP contribution in [0.25, 0.3) is 0 Å². The highest BCUT2D eigenvalue weighted by molar-refractivity contribution is 8.00. The van der Waals surface area contributed by atoms with Crippen LogP contribution in [0.2, 0.25) is 0 Å². The molecule has 3 aliphatic heterocycles. The number of carbonyl (C=O) groups is 3. The zero-order valence-electron chi connectivity index (χ0n) is 17.8. The number of β-lactam (4-membered cyclic amide) rings is 1. The number of carbonyl (C=O) groups excluding carboxylic acids is 2. The first-order valence-corrected chi connectivity index (χ1v) is 12.0. The van der Waals surface area contributed by atoms with E-state index >= 15 is 0 Å². The number of fused-ring (bicyclic) bond motifs is 1. The summed E-state index contributed by atoms with van der Waals surface area (Å²) in [4.78, 5) is 47.8. The van der Waals surface area contributed by atoms with Crippen LogP contribution < -0.4 is 11.1 Å². The molecule has 0 aromatic carbocycles. The Hall–Kier alpha value is -2.68. The van der Waals surface area contributed by atoms with E-state index in [-0.39, 0.29) is 34.4 Å². The molecule has 0 spiro atoms. The highest BCUT2D eigenvalue weighted by Crippen LogP contribution is 2.43. The van der Waals surface area contributed by atoms with Crippen molar-refractivity contribution < 1.29 is 33.8 Å². The number of nitrogens with one attached hydrogen (secondary N) is 1. The first-order valence-electron chi connectivity index (χ1n) is 10.0. The predicted octanol–water partition coefficient (Wildman–Crippen LogP) is 0.00840. The number of nitrogens with two attached hydrogens (primary N) is 1. The van der Waals surface area contributed by atoms with Gasteiger partial charge in [-0.05, 0) is 18.4 Å². The number of aliphatic carboxylic acids is 1. The van der Waals surface area contributed by atoms with Crippen LogP contribution in [0.3, 0.4) is 0 Å². The van der Waals surface area contributed by atoms with Crippen molar-refractivity contribution in [1.82, 2.24) is 15.2 Å². The van der Waals surface area contributed by atoms with Gasteiger partial charge in [0.05, 0.1) is 18.8 Å². The van der Waals surface area contributed by atoms with Gasteiger partial charge in [-0.15, -0.1) is 23.1 Å². The van der Waals surface area contributed by atoms with Gasteiger partial charge in [-0.1, -0.05) is 5.16 Å². The number of methoxy groups -OCH3 is 1. The van der Waals surface area contributed by atoms with Gasteiger partial charge in [0.25, 0.3) is 11.8 Å². The summed E-state index contributed by atoms with van der Waals surface area (Å²) in [5.74, 6) is -2.02. The Balaban J connectivity index is 1.51. The standard InChI is InChI=1S/C19H23N5O7S2/c1-29-5-8-3-4-11(31-8)9-6-32-17-13(16(26)24(17)14(9)18(27)28)22-15(25)12(23-30-2)10-7-33-19(20)21-10/h7-8,11,13,17H,3-6H2,1-2H3,(H2,20,21)(H,22,25)(H,27,28)/b23-12-/t8?,11?,13-,17-/m1/s1. The van der Waals surface area contributed by atoms with Gasteiger partial charge in [-0.25, -0.2) is 9.78 Å². The Kier molecular flexibility index (Phi) is 6.88. The summed E-state index contributed by atoms with van der Waals surface area (Å²) in [6.45, 7) is 0.425.